The molecule has 698 valence electrons. The van der Waals surface area contributed by atoms with Crippen LogP contribution in [0.3, 0.4) is 0 Å². The molecule has 30 aromatic rings. The zero-order chi connectivity index (χ0) is 98.5. The van der Waals surface area contributed by atoms with Gasteiger partial charge in [-0.15, -0.1) is 0 Å². The molecular weight excluding hydrogens is 1820 g/mol. The van der Waals surface area contributed by atoms with Crippen LogP contribution in [0.5, 0.6) is 0 Å². The summed E-state index contributed by atoms with van der Waals surface area (Å²) in [6, 6.07) is 198. The minimum atomic E-state index is 0.817. The van der Waals surface area contributed by atoms with E-state index in [4.69, 9.17) is 13.3 Å². The number of hydrogen-bond donors (Lipinski definition) is 0. The maximum absolute atomic E-state index is 6.93. The summed E-state index contributed by atoms with van der Waals surface area (Å²) in [5.74, 6) is 0. The predicted octanol–water partition coefficient (Wildman–Crippen LogP) is 41.5. The Morgan fingerprint density at radius 3 is 0.807 bits per heavy atom. The molecule has 0 amide bonds. The Balaban J connectivity index is 0.495. The molecule has 0 atom stereocenters. The molecule has 0 spiro atoms. The van der Waals surface area contributed by atoms with Gasteiger partial charge in [-0.1, -0.05) is 358 Å². The third kappa shape index (κ3) is 14.7. The zero-order valence-electron chi connectivity index (χ0n) is 81.5. The van der Waals surface area contributed by atoms with E-state index in [9.17, 15) is 0 Å². The lowest BCUT2D eigenvalue weighted by atomic mass is 9.90. The van der Waals surface area contributed by atoms with Crippen molar-refractivity contribution < 1.29 is 13.3 Å². The van der Waals surface area contributed by atoms with Crippen LogP contribution in [0.4, 0.5) is 51.2 Å². The summed E-state index contributed by atoms with van der Waals surface area (Å²) in [5.41, 5.74) is 32.1. The minimum Gasteiger partial charge on any atom is -0.456 e. The number of fused-ring (bicyclic) bond motifs is 21. The van der Waals surface area contributed by atoms with E-state index in [-0.39, 0.29) is 0 Å². The van der Waals surface area contributed by atoms with Crippen LogP contribution in [0.2, 0.25) is 0 Å². The van der Waals surface area contributed by atoms with E-state index in [0.717, 1.165) is 217 Å². The lowest BCUT2D eigenvalue weighted by Gasteiger charge is -2.29. The molecule has 0 bridgehead atoms. The Kier molecular flexibility index (Phi) is 20.0. The van der Waals surface area contributed by atoms with Gasteiger partial charge in [-0.3, -0.25) is 0 Å². The average molecular weight is 1910 g/mol. The molecule has 0 unspecified atom stereocenters. The number of furan rings is 3. The van der Waals surface area contributed by atoms with Crippen molar-refractivity contribution in [1.29, 1.82) is 0 Å². The lowest BCUT2D eigenvalue weighted by Crippen LogP contribution is -2.11. The number of anilines is 9. The van der Waals surface area contributed by atoms with Crippen molar-refractivity contribution in [2.45, 2.75) is 0 Å². The van der Waals surface area contributed by atoms with E-state index in [2.05, 4.69) is 555 Å². The van der Waals surface area contributed by atoms with E-state index >= 15 is 0 Å². The van der Waals surface area contributed by atoms with Crippen LogP contribution in [0.15, 0.2) is 553 Å². The maximum atomic E-state index is 6.93. The third-order valence-corrected chi connectivity index (χ3v) is 31.1. The zero-order valence-corrected chi connectivity index (χ0v) is 81.5. The van der Waals surface area contributed by atoms with Gasteiger partial charge in [0.25, 0.3) is 0 Å². The van der Waals surface area contributed by atoms with Crippen molar-refractivity contribution in [3.63, 3.8) is 0 Å². The second-order valence-corrected chi connectivity index (χ2v) is 39.7. The minimum absolute atomic E-state index is 0.817. The standard InChI is InChI=1S/C144H89N3O3/c1-2-21-90(22-3-1)93-53-63-114(64-54-93)147(118-69-74-130-137-79-101-25-6-9-28-104(101)86-141(137)150-144(130)89-118)138-83-106(58-71-127(138)133-82-110-31-12-14-35-120(110)123-38-17-19-40-125(123)133)97-47-43-92(44-48-97)95-51-61-113(62-52-95)146(117-68-73-129-136-78-100-24-5-8-27-103(100)85-140(136)149-143(129)88-117)115-33-20-32-107(75-115)132-81-109-30-11-15-36-121(109)126-70-57-105(76-134(126)132)96-45-41-91(42-46-96)94-49-59-111(60-50-94)145(116-67-72-128-135-77-99-23-4-7-26-102(99)84-139(135)148-142(128)87-116)112-65-55-98(56-66-112)131-80-108-29-10-13-34-119(108)122-37-16-18-39-124(122)131/h1-89H. The first-order chi connectivity index (χ1) is 74.2. The van der Waals surface area contributed by atoms with Crippen molar-refractivity contribution in [2.75, 3.05) is 14.7 Å². The summed E-state index contributed by atoms with van der Waals surface area (Å²) in [4.78, 5) is 7.17. The molecule has 0 saturated heterocycles. The van der Waals surface area contributed by atoms with Gasteiger partial charge in [-0.25, -0.2) is 0 Å². The Morgan fingerprint density at radius 1 is 0.107 bits per heavy atom. The van der Waals surface area contributed by atoms with Crippen LogP contribution in [0, 0.1) is 0 Å². The van der Waals surface area contributed by atoms with Gasteiger partial charge in [0, 0.05) is 102 Å². The molecule has 0 aliphatic carbocycles. The van der Waals surface area contributed by atoms with Crippen molar-refractivity contribution in [3.05, 3.63) is 540 Å². The first-order valence-corrected chi connectivity index (χ1v) is 51.4. The van der Waals surface area contributed by atoms with Gasteiger partial charge in [-0.05, 0) is 344 Å². The van der Waals surface area contributed by atoms with Gasteiger partial charge in [0.1, 0.15) is 33.5 Å². The smallest absolute Gasteiger partial charge is 0.137 e. The fourth-order valence-corrected chi connectivity index (χ4v) is 23.7. The van der Waals surface area contributed by atoms with Crippen LogP contribution < -0.4 is 14.7 Å². The second-order valence-electron chi connectivity index (χ2n) is 39.7. The van der Waals surface area contributed by atoms with Crippen molar-refractivity contribution >= 4 is 214 Å². The first kappa shape index (κ1) is 85.6. The monoisotopic (exact) mass is 1910 g/mol. The topological polar surface area (TPSA) is 49.1 Å². The van der Waals surface area contributed by atoms with Gasteiger partial charge in [0.05, 0.1) is 5.69 Å². The number of nitrogens with zero attached hydrogens (tertiary/aromatic N) is 3. The molecule has 30 rings (SSSR count). The quantitative estimate of drug-likeness (QED) is 0.0847. The Bertz CT molecular complexity index is 10700. The largest absolute Gasteiger partial charge is 0.456 e. The number of hydrogen-bond acceptors (Lipinski definition) is 6. The second kappa shape index (κ2) is 35.0. The van der Waals surface area contributed by atoms with Crippen LogP contribution in [-0.4, -0.2) is 0 Å². The summed E-state index contributed by atoms with van der Waals surface area (Å²) in [5, 5.41) is 28.0. The van der Waals surface area contributed by atoms with Gasteiger partial charge < -0.3 is 28.0 Å². The highest BCUT2D eigenvalue weighted by atomic mass is 16.3. The number of benzene rings is 27. The first-order valence-electron chi connectivity index (χ1n) is 51.4. The molecule has 6 nitrogen and oxygen atoms in total. The fourth-order valence-electron chi connectivity index (χ4n) is 23.7. The molecule has 0 aliphatic rings. The summed E-state index contributed by atoms with van der Waals surface area (Å²) in [7, 11) is 0. The number of rotatable bonds is 17. The average Bonchev–Trinajstić information content (AvgIpc) is 1.33. The lowest BCUT2D eigenvalue weighted by molar-refractivity contribution is 0.669. The highest BCUT2D eigenvalue weighted by Crippen LogP contribution is 2.52. The van der Waals surface area contributed by atoms with E-state index in [1.807, 2.05) is 0 Å². The Labute approximate surface area is 864 Å². The molecule has 0 saturated carbocycles. The molecule has 0 N–H and O–H groups in total. The predicted molar refractivity (Wildman–Crippen MR) is 633 cm³/mol. The van der Waals surface area contributed by atoms with E-state index < -0.39 is 0 Å². The molecule has 6 heteroatoms. The molecule has 0 aliphatic heterocycles. The Hall–Kier alpha value is -19.9. The molecule has 0 radical (unpaired) electrons. The van der Waals surface area contributed by atoms with E-state index in [0.29, 0.717) is 0 Å². The molecule has 3 aromatic heterocycles. The highest BCUT2D eigenvalue weighted by Gasteiger charge is 2.27. The van der Waals surface area contributed by atoms with Gasteiger partial charge >= 0.3 is 0 Å². The normalized spacial score (nSPS) is 11.9. The van der Waals surface area contributed by atoms with Crippen LogP contribution in [0.1, 0.15) is 0 Å². The highest BCUT2D eigenvalue weighted by molar-refractivity contribution is 6.20. The summed E-state index contributed by atoms with van der Waals surface area (Å²) in [6.07, 6.45) is 0. The SMILES string of the molecule is c1ccc(-c2ccc(N(c3ccc4c(c3)oc3cc5ccccc5cc34)c3cc(-c4ccc(-c5ccc(N(c6cccc(-c7cc8ccccc8c8ccc(-c9ccc(-c%10ccc(N(c%11ccc(-c%12cc%13ccccc%13c%13ccccc%12%13)cc%11)c%11ccc%12c(c%11)oc%11cc%13ccccc%13cc%11%12)cc%10)cc9)cc78)c6)c6ccc7c(c6)oc6cc8ccccc8cc67)cc5)cc4)ccc3-c3cc4ccccc4c4ccccc34)cc2)cc1. The van der Waals surface area contributed by atoms with Crippen LogP contribution >= 0.6 is 0 Å². The summed E-state index contributed by atoms with van der Waals surface area (Å²) < 4.78 is 20.6. The summed E-state index contributed by atoms with van der Waals surface area (Å²) >= 11 is 0. The van der Waals surface area contributed by atoms with E-state index in [1.54, 1.807) is 0 Å². The third-order valence-electron chi connectivity index (χ3n) is 31.1. The van der Waals surface area contributed by atoms with Gasteiger partial charge in [0.2, 0.25) is 0 Å². The van der Waals surface area contributed by atoms with Gasteiger partial charge in [0.15, 0.2) is 0 Å². The molecular formula is C144H89N3O3. The molecule has 150 heavy (non-hydrogen) atoms. The van der Waals surface area contributed by atoms with Crippen LogP contribution in [0.25, 0.3) is 252 Å². The van der Waals surface area contributed by atoms with Crippen molar-refractivity contribution in [3.8, 4) is 89.0 Å². The van der Waals surface area contributed by atoms with Crippen molar-refractivity contribution in [2.24, 2.45) is 0 Å². The Morgan fingerprint density at radius 2 is 0.373 bits per heavy atom. The molecule has 27 aromatic carbocycles. The fraction of sp³-hybridized carbons (Fsp3) is 0. The van der Waals surface area contributed by atoms with Crippen molar-refractivity contribution in [1.82, 2.24) is 0 Å². The molecule has 3 heterocycles. The van der Waals surface area contributed by atoms with Crippen LogP contribution in [-0.2, 0) is 0 Å². The maximum Gasteiger partial charge on any atom is 0.137 e. The van der Waals surface area contributed by atoms with Gasteiger partial charge in [-0.2, -0.15) is 0 Å². The summed E-state index contributed by atoms with van der Waals surface area (Å²) in [6.45, 7) is 0. The van der Waals surface area contributed by atoms with E-state index in [1.165, 1.54) is 86.4 Å². The molecule has 0 fully saturated rings.